The Labute approximate surface area is 152 Å². The number of amides is 2. The fourth-order valence-corrected chi connectivity index (χ4v) is 2.28. The lowest BCUT2D eigenvalue weighted by atomic mass is 10.1. The van der Waals surface area contributed by atoms with E-state index >= 15 is 0 Å². The summed E-state index contributed by atoms with van der Waals surface area (Å²) in [5.74, 6) is -0.518. The topological polar surface area (TPSA) is 82.3 Å². The predicted octanol–water partition coefficient (Wildman–Crippen LogP) is 2.38. The predicted molar refractivity (Wildman–Crippen MR) is 102 cm³/mol. The number of hydrogen-bond donors (Lipinski definition) is 4. The van der Waals surface area contributed by atoms with Gasteiger partial charge in [0.2, 0.25) is 0 Å². The summed E-state index contributed by atoms with van der Waals surface area (Å²) in [7, 11) is 0. The number of thiocarbonyl (C=S) groups is 1. The quantitative estimate of drug-likeness (QED) is 0.499. The van der Waals surface area contributed by atoms with Crippen LogP contribution in [0.1, 0.15) is 33.2 Å². The summed E-state index contributed by atoms with van der Waals surface area (Å²) in [5, 5.41) is 6.01. The minimum absolute atomic E-state index is 0.196. The van der Waals surface area contributed by atoms with E-state index in [1.165, 1.54) is 0 Å². The van der Waals surface area contributed by atoms with Crippen molar-refractivity contribution in [3.05, 3.63) is 65.2 Å². The first-order valence-corrected chi connectivity index (χ1v) is 8.22. The normalized spacial score (nSPS) is 9.84. The molecule has 0 aliphatic heterocycles. The molecule has 0 aliphatic carbocycles. The van der Waals surface area contributed by atoms with Crippen LogP contribution in [0.25, 0.3) is 0 Å². The van der Waals surface area contributed by atoms with Gasteiger partial charge >= 0.3 is 0 Å². The van der Waals surface area contributed by atoms with Gasteiger partial charge in [0.25, 0.3) is 11.8 Å². The van der Waals surface area contributed by atoms with Gasteiger partial charge in [0.05, 0.1) is 0 Å². The van der Waals surface area contributed by atoms with Crippen molar-refractivity contribution in [2.24, 2.45) is 0 Å². The number of benzene rings is 2. The third-order valence-corrected chi connectivity index (χ3v) is 3.56. The van der Waals surface area contributed by atoms with Crippen LogP contribution in [-0.2, 0) is 0 Å². The highest BCUT2D eigenvalue weighted by Crippen LogP contribution is 2.12. The first-order valence-electron chi connectivity index (χ1n) is 7.82. The summed E-state index contributed by atoms with van der Waals surface area (Å²) in [4.78, 5) is 24.2. The maximum atomic E-state index is 12.2. The van der Waals surface area contributed by atoms with Gasteiger partial charge in [0, 0.05) is 23.4 Å². The molecule has 2 aromatic carbocycles. The molecule has 2 aromatic rings. The van der Waals surface area contributed by atoms with Crippen LogP contribution < -0.4 is 21.5 Å². The maximum Gasteiger partial charge on any atom is 0.269 e. The second kappa shape index (κ2) is 8.79. The highest BCUT2D eigenvalue weighted by Gasteiger charge is 2.08. The van der Waals surface area contributed by atoms with Crippen molar-refractivity contribution < 1.29 is 9.59 Å². The van der Waals surface area contributed by atoms with E-state index < -0.39 is 0 Å². The summed E-state index contributed by atoms with van der Waals surface area (Å²) in [6, 6.07) is 13.9. The number of rotatable bonds is 4. The largest absolute Gasteiger partial charge is 0.362 e. The lowest BCUT2D eigenvalue weighted by Crippen LogP contribution is -2.46. The Bertz CT molecular complexity index is 775. The van der Waals surface area contributed by atoms with Crippen LogP contribution in [0.5, 0.6) is 0 Å². The lowest BCUT2D eigenvalue weighted by Gasteiger charge is -2.10. The molecule has 0 atom stereocenters. The van der Waals surface area contributed by atoms with Crippen LogP contribution in [0.15, 0.2) is 48.5 Å². The van der Waals surface area contributed by atoms with Gasteiger partial charge in [0.1, 0.15) is 0 Å². The Hall–Kier alpha value is -2.93. The highest BCUT2D eigenvalue weighted by molar-refractivity contribution is 7.80. The molecule has 0 unspecified atom stereocenters. The second-order valence-corrected chi connectivity index (χ2v) is 5.75. The standard InChI is InChI=1S/C18H20N4O2S/c1-3-19-18(25)22-21-17(24)13-7-9-15(10-8-13)20-16(23)14-6-4-5-12(2)11-14/h4-11H,3H2,1-2H3,(H,20,23)(H,21,24)(H2,19,22,25). The molecule has 2 amide bonds. The van der Waals surface area contributed by atoms with E-state index in [0.717, 1.165) is 5.56 Å². The summed E-state index contributed by atoms with van der Waals surface area (Å²) in [6.45, 7) is 4.50. The first-order chi connectivity index (χ1) is 12.0. The van der Waals surface area contributed by atoms with E-state index in [1.807, 2.05) is 32.0 Å². The number of hydrogen-bond acceptors (Lipinski definition) is 3. The van der Waals surface area contributed by atoms with Crippen LogP contribution in [0.4, 0.5) is 5.69 Å². The molecule has 7 heteroatoms. The van der Waals surface area contributed by atoms with Crippen molar-refractivity contribution in [3.63, 3.8) is 0 Å². The van der Waals surface area contributed by atoms with Gasteiger partial charge in [-0.1, -0.05) is 17.7 Å². The zero-order valence-corrected chi connectivity index (χ0v) is 14.9. The molecular weight excluding hydrogens is 336 g/mol. The molecule has 0 bridgehead atoms. The summed E-state index contributed by atoms with van der Waals surface area (Å²) in [6.07, 6.45) is 0. The Morgan fingerprint density at radius 3 is 2.32 bits per heavy atom. The first kappa shape index (κ1) is 18.4. The van der Waals surface area contributed by atoms with Gasteiger partial charge in [0.15, 0.2) is 5.11 Å². The fourth-order valence-electron chi connectivity index (χ4n) is 2.08. The molecule has 130 valence electrons. The molecule has 2 rings (SSSR count). The molecule has 0 heterocycles. The monoisotopic (exact) mass is 356 g/mol. The van der Waals surface area contributed by atoms with E-state index in [0.29, 0.717) is 28.5 Å². The number of carbonyl (C=O) groups is 2. The van der Waals surface area contributed by atoms with Crippen LogP contribution in [0, 0.1) is 6.92 Å². The van der Waals surface area contributed by atoms with Crippen molar-refractivity contribution in [1.29, 1.82) is 0 Å². The van der Waals surface area contributed by atoms with Gasteiger partial charge in [-0.3, -0.25) is 20.4 Å². The average molecular weight is 356 g/mol. The smallest absolute Gasteiger partial charge is 0.269 e. The molecule has 0 spiro atoms. The third kappa shape index (κ3) is 5.58. The Balaban J connectivity index is 1.94. The number of anilines is 1. The van der Waals surface area contributed by atoms with Gasteiger partial charge in [-0.15, -0.1) is 0 Å². The van der Waals surface area contributed by atoms with E-state index in [1.54, 1.807) is 30.3 Å². The number of nitrogens with one attached hydrogen (secondary N) is 4. The Morgan fingerprint density at radius 2 is 1.68 bits per heavy atom. The SMILES string of the molecule is CCNC(=S)NNC(=O)c1ccc(NC(=O)c2cccc(C)c2)cc1. The van der Waals surface area contributed by atoms with Crippen LogP contribution in [0.2, 0.25) is 0 Å². The minimum Gasteiger partial charge on any atom is -0.362 e. The van der Waals surface area contributed by atoms with Crippen molar-refractivity contribution in [3.8, 4) is 0 Å². The molecule has 0 radical (unpaired) electrons. The molecule has 0 fully saturated rings. The highest BCUT2D eigenvalue weighted by atomic mass is 32.1. The Kier molecular flexibility index (Phi) is 6.47. The van der Waals surface area contributed by atoms with Crippen LogP contribution in [0.3, 0.4) is 0 Å². The maximum absolute atomic E-state index is 12.2. The summed E-state index contributed by atoms with van der Waals surface area (Å²) < 4.78 is 0. The molecular formula is C18H20N4O2S. The van der Waals surface area contributed by atoms with E-state index in [-0.39, 0.29) is 11.8 Å². The third-order valence-electron chi connectivity index (χ3n) is 3.31. The van der Waals surface area contributed by atoms with E-state index in [4.69, 9.17) is 12.2 Å². The molecule has 0 saturated heterocycles. The van der Waals surface area contributed by atoms with E-state index in [9.17, 15) is 9.59 Å². The average Bonchev–Trinajstić information content (AvgIpc) is 2.60. The number of aryl methyl sites for hydroxylation is 1. The summed E-state index contributed by atoms with van der Waals surface area (Å²) >= 11 is 4.96. The zero-order chi connectivity index (χ0) is 18.2. The summed E-state index contributed by atoms with van der Waals surface area (Å²) in [5.41, 5.74) is 7.76. The number of hydrazine groups is 1. The molecule has 0 aliphatic rings. The van der Waals surface area contributed by atoms with Gasteiger partial charge in [-0.05, 0) is 62.5 Å². The van der Waals surface area contributed by atoms with Crippen LogP contribution >= 0.6 is 12.2 Å². The molecule has 6 nitrogen and oxygen atoms in total. The minimum atomic E-state index is -0.322. The zero-order valence-electron chi connectivity index (χ0n) is 14.1. The van der Waals surface area contributed by atoms with Gasteiger partial charge in [-0.25, -0.2) is 0 Å². The lowest BCUT2D eigenvalue weighted by molar-refractivity contribution is 0.0943. The number of carbonyl (C=O) groups excluding carboxylic acids is 2. The molecule has 25 heavy (non-hydrogen) atoms. The van der Waals surface area contributed by atoms with Gasteiger partial charge in [-0.2, -0.15) is 0 Å². The second-order valence-electron chi connectivity index (χ2n) is 5.34. The van der Waals surface area contributed by atoms with Crippen molar-refractivity contribution in [1.82, 2.24) is 16.2 Å². The fraction of sp³-hybridized carbons (Fsp3) is 0.167. The van der Waals surface area contributed by atoms with E-state index in [2.05, 4.69) is 21.5 Å². The molecule has 0 aromatic heterocycles. The van der Waals surface area contributed by atoms with Crippen molar-refractivity contribution >= 4 is 34.8 Å². The molecule has 0 saturated carbocycles. The van der Waals surface area contributed by atoms with Crippen LogP contribution in [-0.4, -0.2) is 23.5 Å². The Morgan fingerprint density at radius 1 is 0.960 bits per heavy atom. The molecule has 4 N–H and O–H groups in total. The van der Waals surface area contributed by atoms with Crippen molar-refractivity contribution in [2.75, 3.05) is 11.9 Å². The van der Waals surface area contributed by atoms with Gasteiger partial charge < -0.3 is 10.6 Å². The van der Waals surface area contributed by atoms with Crippen molar-refractivity contribution in [2.45, 2.75) is 13.8 Å².